The molecule has 14 heteroatoms. The fourth-order valence-electron chi connectivity index (χ4n) is 4.48. The first-order chi connectivity index (χ1) is 18.9. The summed E-state index contributed by atoms with van der Waals surface area (Å²) in [6.07, 6.45) is -14.8. The van der Waals surface area contributed by atoms with Gasteiger partial charge in [-0.25, -0.2) is 4.79 Å². The molecular formula is C27H24F9NO4. The maximum absolute atomic E-state index is 13.7. The molecule has 0 N–H and O–H groups in total. The Kier molecular flexibility index (Phi) is 9.04. The van der Waals surface area contributed by atoms with Crippen molar-refractivity contribution in [2.24, 2.45) is 0 Å². The molecule has 2 aromatic rings. The van der Waals surface area contributed by atoms with Gasteiger partial charge in [-0.3, -0.25) is 9.69 Å². The van der Waals surface area contributed by atoms with Crippen LogP contribution in [0.25, 0.3) is 5.57 Å². The number of ether oxygens (including phenoxy) is 2. The number of esters is 1. The molecule has 0 aliphatic carbocycles. The topological polar surface area (TPSA) is 55.8 Å². The van der Waals surface area contributed by atoms with E-state index in [-0.39, 0.29) is 35.9 Å². The van der Waals surface area contributed by atoms with Crippen molar-refractivity contribution in [1.82, 2.24) is 0 Å². The number of hydrogen-bond donors (Lipinski definition) is 0. The molecule has 0 saturated heterocycles. The van der Waals surface area contributed by atoms with Crippen LogP contribution >= 0.6 is 0 Å². The highest BCUT2D eigenvalue weighted by Crippen LogP contribution is 2.47. The van der Waals surface area contributed by atoms with Gasteiger partial charge in [-0.1, -0.05) is 13.0 Å². The van der Waals surface area contributed by atoms with Gasteiger partial charge in [0.25, 0.3) is 0 Å². The molecular weight excluding hydrogens is 573 g/mol. The number of benzene rings is 2. The van der Waals surface area contributed by atoms with Gasteiger partial charge in [0.1, 0.15) is 6.61 Å². The Bertz CT molecular complexity index is 1300. The molecule has 0 unspecified atom stereocenters. The van der Waals surface area contributed by atoms with E-state index < -0.39 is 71.4 Å². The number of fused-ring (bicyclic) bond motifs is 1. The third kappa shape index (κ3) is 7.14. The van der Waals surface area contributed by atoms with E-state index in [0.29, 0.717) is 24.3 Å². The van der Waals surface area contributed by atoms with Gasteiger partial charge in [0.2, 0.25) is 0 Å². The van der Waals surface area contributed by atoms with Crippen molar-refractivity contribution in [2.75, 3.05) is 18.1 Å². The Morgan fingerprint density at radius 3 is 1.85 bits per heavy atom. The van der Waals surface area contributed by atoms with Crippen LogP contribution in [-0.4, -0.2) is 31.3 Å². The summed E-state index contributed by atoms with van der Waals surface area (Å²) >= 11 is 0. The van der Waals surface area contributed by atoms with Crippen LogP contribution in [0.3, 0.4) is 0 Å². The lowest BCUT2D eigenvalue weighted by Crippen LogP contribution is -2.42. The number of rotatable bonds is 6. The van der Waals surface area contributed by atoms with Crippen LogP contribution in [0.4, 0.5) is 50.0 Å². The van der Waals surface area contributed by atoms with E-state index in [0.717, 1.165) is 17.9 Å². The number of halogens is 9. The molecule has 1 amide bonds. The summed E-state index contributed by atoms with van der Waals surface area (Å²) in [5, 5.41) is 0. The molecule has 3 rings (SSSR count). The normalized spacial score (nSPS) is 16.5. The molecule has 1 heterocycles. The van der Waals surface area contributed by atoms with Gasteiger partial charge in [0.15, 0.2) is 0 Å². The molecule has 1 aliphatic rings. The predicted molar refractivity (Wildman–Crippen MR) is 129 cm³/mol. The molecule has 0 spiro atoms. The van der Waals surface area contributed by atoms with Crippen molar-refractivity contribution in [3.8, 4) is 0 Å². The summed E-state index contributed by atoms with van der Waals surface area (Å²) in [5.74, 6) is -2.51. The van der Waals surface area contributed by atoms with E-state index in [1.165, 1.54) is 13.0 Å². The van der Waals surface area contributed by atoms with Gasteiger partial charge >= 0.3 is 30.6 Å². The van der Waals surface area contributed by atoms with Gasteiger partial charge in [0, 0.05) is 18.4 Å². The number of carbonyl (C=O) groups is 2. The lowest BCUT2D eigenvalue weighted by molar-refractivity contribution is -0.144. The zero-order chi connectivity index (χ0) is 30.9. The smallest absolute Gasteiger partial charge is 0.416 e. The summed E-state index contributed by atoms with van der Waals surface area (Å²) in [6.45, 7) is 3.17. The summed E-state index contributed by atoms with van der Waals surface area (Å²) < 4.78 is 133. The molecule has 0 saturated carbocycles. The van der Waals surface area contributed by atoms with Crippen molar-refractivity contribution in [3.05, 3.63) is 70.3 Å². The average Bonchev–Trinajstić information content (AvgIpc) is 2.86. The van der Waals surface area contributed by atoms with Crippen LogP contribution in [0.15, 0.2) is 42.5 Å². The number of hydrogen-bond acceptors (Lipinski definition) is 4. The van der Waals surface area contributed by atoms with Crippen molar-refractivity contribution < 1.29 is 58.6 Å². The fraction of sp³-hybridized carbons (Fsp3) is 0.407. The molecule has 0 fully saturated rings. The van der Waals surface area contributed by atoms with Crippen molar-refractivity contribution in [2.45, 2.75) is 57.7 Å². The molecule has 2 atom stereocenters. The Balaban J connectivity index is 2.37. The van der Waals surface area contributed by atoms with E-state index in [9.17, 15) is 49.1 Å². The SMILES string of the molecule is CCOC(=O)N1c2ccc(C(F)(F)F)cc2C([C@H](COC(C)=O)c2cc(C(F)(F)F)cc(C(F)(F)F)c2)=C[C@H]1CC. The van der Waals surface area contributed by atoms with Crippen LogP contribution in [0.1, 0.15) is 60.9 Å². The van der Waals surface area contributed by atoms with Crippen LogP contribution in [0, 0.1) is 0 Å². The largest absolute Gasteiger partial charge is 0.465 e. The molecule has 1 aliphatic heterocycles. The maximum atomic E-state index is 13.7. The standard InChI is InChI=1S/C27H24F9NO4/c1-4-19-12-20(21-11-16(25(28,29)30)6-7-23(21)37(19)24(39)40-5-2)22(13-41-14(3)38)15-8-17(26(31,32)33)10-18(9-15)27(34,35)36/h6-12,19,22H,4-5,13H2,1-3H3/t19-,22-/m1/s1. The zero-order valence-electron chi connectivity index (χ0n) is 21.8. The minimum absolute atomic E-state index is 0.0855. The third-order valence-corrected chi connectivity index (χ3v) is 6.32. The second-order valence-corrected chi connectivity index (χ2v) is 9.09. The first-order valence-corrected chi connectivity index (χ1v) is 12.2. The Morgan fingerprint density at radius 2 is 1.39 bits per heavy atom. The monoisotopic (exact) mass is 597 g/mol. The van der Waals surface area contributed by atoms with Gasteiger partial charge in [-0.15, -0.1) is 0 Å². The quantitative estimate of drug-likeness (QED) is 0.249. The summed E-state index contributed by atoms with van der Waals surface area (Å²) in [4.78, 5) is 25.5. The molecule has 0 aromatic heterocycles. The minimum atomic E-state index is -5.21. The first kappa shape index (κ1) is 31.8. The van der Waals surface area contributed by atoms with Crippen LogP contribution < -0.4 is 4.90 Å². The first-order valence-electron chi connectivity index (χ1n) is 12.2. The predicted octanol–water partition coefficient (Wildman–Crippen LogP) is 8.23. The van der Waals surface area contributed by atoms with E-state index >= 15 is 0 Å². The average molecular weight is 597 g/mol. The molecule has 0 radical (unpaired) electrons. The van der Waals surface area contributed by atoms with E-state index in [2.05, 4.69) is 0 Å². The number of anilines is 1. The number of carbonyl (C=O) groups excluding carboxylic acids is 2. The second-order valence-electron chi connectivity index (χ2n) is 9.09. The van der Waals surface area contributed by atoms with Gasteiger partial charge in [0.05, 0.1) is 35.0 Å². The summed E-state index contributed by atoms with van der Waals surface area (Å²) in [7, 11) is 0. The number of nitrogens with zero attached hydrogens (tertiary/aromatic N) is 1. The Labute approximate surface area is 228 Å². The zero-order valence-corrected chi connectivity index (χ0v) is 21.8. The van der Waals surface area contributed by atoms with Gasteiger partial charge in [-0.05, 0) is 60.9 Å². The van der Waals surface area contributed by atoms with E-state index in [4.69, 9.17) is 9.47 Å². The Hall–Kier alpha value is -3.71. The molecule has 0 bridgehead atoms. The fourth-order valence-corrected chi connectivity index (χ4v) is 4.48. The highest BCUT2D eigenvalue weighted by Gasteiger charge is 2.41. The summed E-state index contributed by atoms with van der Waals surface area (Å²) in [5.41, 5.74) is -5.69. The highest BCUT2D eigenvalue weighted by atomic mass is 19.4. The summed E-state index contributed by atoms with van der Waals surface area (Å²) in [6, 6.07) is 2.15. The lowest BCUT2D eigenvalue weighted by atomic mass is 9.81. The van der Waals surface area contributed by atoms with Gasteiger partial charge in [-0.2, -0.15) is 39.5 Å². The maximum Gasteiger partial charge on any atom is 0.416 e. The van der Waals surface area contributed by atoms with Crippen LogP contribution in [0.2, 0.25) is 0 Å². The van der Waals surface area contributed by atoms with Gasteiger partial charge < -0.3 is 9.47 Å². The van der Waals surface area contributed by atoms with Crippen molar-refractivity contribution in [3.63, 3.8) is 0 Å². The van der Waals surface area contributed by atoms with Crippen LogP contribution in [-0.2, 0) is 32.8 Å². The molecule has 41 heavy (non-hydrogen) atoms. The lowest BCUT2D eigenvalue weighted by Gasteiger charge is -2.37. The molecule has 224 valence electrons. The molecule has 5 nitrogen and oxygen atoms in total. The number of amides is 1. The van der Waals surface area contributed by atoms with E-state index in [1.54, 1.807) is 6.92 Å². The van der Waals surface area contributed by atoms with E-state index in [1.807, 2.05) is 0 Å². The minimum Gasteiger partial charge on any atom is -0.465 e. The third-order valence-electron chi connectivity index (χ3n) is 6.32. The van der Waals surface area contributed by atoms with Crippen LogP contribution in [0.5, 0.6) is 0 Å². The number of alkyl halides is 9. The molecule has 2 aromatic carbocycles. The Morgan fingerprint density at radius 1 is 0.829 bits per heavy atom. The second kappa shape index (κ2) is 11.6. The van der Waals surface area contributed by atoms with Crippen molar-refractivity contribution in [1.29, 1.82) is 0 Å². The highest BCUT2D eigenvalue weighted by molar-refractivity contribution is 5.97. The van der Waals surface area contributed by atoms with Crippen molar-refractivity contribution >= 4 is 23.3 Å².